The minimum atomic E-state index is -0.879. The molecular formula is C21H21F2N5O. The van der Waals surface area contributed by atoms with Crippen molar-refractivity contribution in [2.24, 2.45) is 23.7 Å². The van der Waals surface area contributed by atoms with Gasteiger partial charge in [0.25, 0.3) is 0 Å². The monoisotopic (exact) mass is 397 g/mol. The molecule has 0 saturated heterocycles. The smallest absolute Gasteiger partial charge is 0.227 e. The number of nitrogens with zero attached hydrogens (tertiary/aromatic N) is 4. The number of halogens is 2. The second kappa shape index (κ2) is 6.57. The molecule has 2 aliphatic carbocycles. The average Bonchev–Trinajstić information content (AvgIpc) is 3.02. The van der Waals surface area contributed by atoms with Gasteiger partial charge in [-0.3, -0.25) is 4.79 Å². The zero-order chi connectivity index (χ0) is 20.3. The fourth-order valence-corrected chi connectivity index (χ4v) is 5.03. The van der Waals surface area contributed by atoms with E-state index in [1.807, 2.05) is 11.5 Å². The van der Waals surface area contributed by atoms with E-state index >= 15 is 0 Å². The van der Waals surface area contributed by atoms with Crippen molar-refractivity contribution >= 4 is 22.6 Å². The molecule has 5 atom stereocenters. The lowest BCUT2D eigenvalue weighted by atomic mass is 9.96. The van der Waals surface area contributed by atoms with Gasteiger partial charge in [-0.2, -0.15) is 0 Å². The number of amides is 1. The maximum Gasteiger partial charge on any atom is 0.227 e. The number of aromatic nitrogens is 4. The van der Waals surface area contributed by atoms with Gasteiger partial charge < -0.3 is 9.88 Å². The number of benzene rings is 1. The average molecular weight is 397 g/mol. The molecular weight excluding hydrogens is 376 g/mol. The molecule has 8 heteroatoms. The fraction of sp³-hybridized carbons (Fsp3) is 0.429. The summed E-state index contributed by atoms with van der Waals surface area (Å²) in [6.45, 7) is 3.76. The summed E-state index contributed by atoms with van der Waals surface area (Å²) in [5.41, 5.74) is 1.70. The number of imidazole rings is 1. The third kappa shape index (κ3) is 3.07. The normalized spacial score (nSPS) is 26.3. The first kappa shape index (κ1) is 18.1. The van der Waals surface area contributed by atoms with E-state index < -0.39 is 11.6 Å². The van der Waals surface area contributed by atoms with Crippen molar-refractivity contribution in [3.63, 3.8) is 0 Å². The van der Waals surface area contributed by atoms with Crippen molar-refractivity contribution < 1.29 is 13.6 Å². The number of aryl methyl sites for hydroxylation is 1. The number of anilines is 1. The summed E-state index contributed by atoms with van der Waals surface area (Å²) in [5.74, 6) is 0.101. The molecule has 2 fully saturated rings. The molecule has 0 radical (unpaired) electrons. The Bertz CT molecular complexity index is 1080. The number of rotatable bonds is 4. The number of hydrogen-bond donors (Lipinski definition) is 1. The van der Waals surface area contributed by atoms with Gasteiger partial charge in [0.1, 0.15) is 5.82 Å². The van der Waals surface area contributed by atoms with Crippen LogP contribution in [0.2, 0.25) is 0 Å². The lowest BCUT2D eigenvalue weighted by Crippen LogP contribution is -2.24. The van der Waals surface area contributed by atoms with E-state index in [2.05, 4.69) is 20.3 Å². The lowest BCUT2D eigenvalue weighted by Gasteiger charge is -2.19. The summed E-state index contributed by atoms with van der Waals surface area (Å²) in [5, 5.41) is 2.90. The van der Waals surface area contributed by atoms with Crippen molar-refractivity contribution in [3.05, 3.63) is 48.3 Å². The van der Waals surface area contributed by atoms with Crippen LogP contribution in [0.5, 0.6) is 0 Å². The Morgan fingerprint density at radius 2 is 1.79 bits per heavy atom. The van der Waals surface area contributed by atoms with Gasteiger partial charge in [0.05, 0.1) is 35.4 Å². The Balaban J connectivity index is 1.25. The predicted molar refractivity (Wildman–Crippen MR) is 103 cm³/mol. The van der Waals surface area contributed by atoms with Crippen LogP contribution in [-0.4, -0.2) is 25.4 Å². The Morgan fingerprint density at radius 1 is 1.14 bits per heavy atom. The van der Waals surface area contributed by atoms with Crippen LogP contribution in [0.1, 0.15) is 31.6 Å². The standard InChI is InChI=1S/C21H21F2N5O/c1-10(21(29)27-12-7-24-11(2)25-8-12)20-14-3-13(4-15(14)20)28-9-26-18-5-16(22)17(23)6-19(18)28/h5-10,13-15,20H,3-4H2,1-2H3,(H,27,29)/t10?,13?,14-,15+,20?. The molecule has 2 aliphatic rings. The molecule has 5 rings (SSSR count). The summed E-state index contributed by atoms with van der Waals surface area (Å²) in [6, 6.07) is 2.57. The maximum atomic E-state index is 13.7. The minimum Gasteiger partial charge on any atom is -0.327 e. The molecule has 2 heterocycles. The van der Waals surface area contributed by atoms with E-state index in [-0.39, 0.29) is 17.9 Å². The Hall–Kier alpha value is -2.90. The zero-order valence-corrected chi connectivity index (χ0v) is 16.1. The molecule has 1 N–H and O–H groups in total. The summed E-state index contributed by atoms with van der Waals surface area (Å²) in [6.07, 6.45) is 6.74. The first-order valence-corrected chi connectivity index (χ1v) is 9.83. The second-order valence-electron chi connectivity index (χ2n) is 8.23. The molecule has 3 aromatic rings. The molecule has 1 amide bonds. The van der Waals surface area contributed by atoms with Crippen LogP contribution in [0.15, 0.2) is 30.9 Å². The first-order chi connectivity index (χ1) is 13.9. The molecule has 2 saturated carbocycles. The van der Waals surface area contributed by atoms with Gasteiger partial charge in [-0.15, -0.1) is 0 Å². The molecule has 3 unspecified atom stereocenters. The molecule has 0 aliphatic heterocycles. The number of carbonyl (C=O) groups excluding carboxylic acids is 1. The predicted octanol–water partition coefficient (Wildman–Crippen LogP) is 3.88. The summed E-state index contributed by atoms with van der Waals surface area (Å²) < 4.78 is 29.0. The maximum absolute atomic E-state index is 13.7. The molecule has 1 aromatic carbocycles. The SMILES string of the molecule is Cc1ncc(NC(=O)C(C)C2[C@H]3CC(n4cnc5cc(F)c(F)cc54)C[C@@H]23)cn1. The van der Waals surface area contributed by atoms with Crippen molar-refractivity contribution in [1.29, 1.82) is 0 Å². The highest BCUT2D eigenvalue weighted by molar-refractivity contribution is 5.92. The van der Waals surface area contributed by atoms with E-state index in [9.17, 15) is 13.6 Å². The van der Waals surface area contributed by atoms with Gasteiger partial charge in [-0.1, -0.05) is 6.92 Å². The number of nitrogens with one attached hydrogen (secondary N) is 1. The molecule has 6 nitrogen and oxygen atoms in total. The van der Waals surface area contributed by atoms with Crippen LogP contribution in [0, 0.1) is 42.2 Å². The van der Waals surface area contributed by atoms with Crippen molar-refractivity contribution in [1.82, 2.24) is 19.5 Å². The van der Waals surface area contributed by atoms with Gasteiger partial charge in [0.2, 0.25) is 5.91 Å². The first-order valence-electron chi connectivity index (χ1n) is 9.83. The van der Waals surface area contributed by atoms with E-state index in [0.29, 0.717) is 40.3 Å². The highest BCUT2D eigenvalue weighted by atomic mass is 19.2. The molecule has 150 valence electrons. The van der Waals surface area contributed by atoms with E-state index in [1.165, 1.54) is 6.07 Å². The van der Waals surface area contributed by atoms with E-state index in [0.717, 1.165) is 18.9 Å². The van der Waals surface area contributed by atoms with Crippen LogP contribution in [0.25, 0.3) is 11.0 Å². The second-order valence-corrected chi connectivity index (χ2v) is 8.23. The largest absolute Gasteiger partial charge is 0.327 e. The van der Waals surface area contributed by atoms with Crippen LogP contribution >= 0.6 is 0 Å². The zero-order valence-electron chi connectivity index (χ0n) is 16.1. The number of carbonyl (C=O) groups is 1. The van der Waals surface area contributed by atoms with Gasteiger partial charge in [-0.05, 0) is 37.5 Å². The van der Waals surface area contributed by atoms with E-state index in [1.54, 1.807) is 25.6 Å². The van der Waals surface area contributed by atoms with Crippen LogP contribution in [-0.2, 0) is 4.79 Å². The van der Waals surface area contributed by atoms with Crippen molar-refractivity contribution in [2.45, 2.75) is 32.7 Å². The van der Waals surface area contributed by atoms with Crippen LogP contribution in [0.4, 0.5) is 14.5 Å². The highest BCUT2D eigenvalue weighted by Gasteiger charge is 2.59. The van der Waals surface area contributed by atoms with E-state index in [4.69, 9.17) is 0 Å². The fourth-order valence-electron chi connectivity index (χ4n) is 5.03. The summed E-state index contributed by atoms with van der Waals surface area (Å²) in [4.78, 5) is 25.0. The molecule has 29 heavy (non-hydrogen) atoms. The number of fused-ring (bicyclic) bond motifs is 2. The summed E-state index contributed by atoms with van der Waals surface area (Å²) in [7, 11) is 0. The third-order valence-electron chi connectivity index (χ3n) is 6.54. The van der Waals surface area contributed by atoms with Gasteiger partial charge in [0, 0.05) is 24.1 Å². The third-order valence-corrected chi connectivity index (χ3v) is 6.54. The minimum absolute atomic E-state index is 0.0148. The highest BCUT2D eigenvalue weighted by Crippen LogP contribution is 2.64. The van der Waals surface area contributed by atoms with Crippen LogP contribution < -0.4 is 5.32 Å². The Morgan fingerprint density at radius 3 is 2.48 bits per heavy atom. The Kier molecular flexibility index (Phi) is 4.11. The number of hydrogen-bond acceptors (Lipinski definition) is 4. The van der Waals surface area contributed by atoms with Crippen molar-refractivity contribution in [2.75, 3.05) is 5.32 Å². The van der Waals surface area contributed by atoms with Crippen LogP contribution in [0.3, 0.4) is 0 Å². The quantitative estimate of drug-likeness (QED) is 0.725. The van der Waals surface area contributed by atoms with Gasteiger partial charge in [0.15, 0.2) is 11.6 Å². The van der Waals surface area contributed by atoms with Gasteiger partial charge in [-0.25, -0.2) is 23.7 Å². The lowest BCUT2D eigenvalue weighted by molar-refractivity contribution is -0.120. The Labute approximate surface area is 166 Å². The van der Waals surface area contributed by atoms with Crippen molar-refractivity contribution in [3.8, 4) is 0 Å². The molecule has 0 bridgehead atoms. The molecule has 2 aromatic heterocycles. The topological polar surface area (TPSA) is 72.7 Å². The molecule has 0 spiro atoms. The summed E-state index contributed by atoms with van der Waals surface area (Å²) >= 11 is 0. The van der Waals surface area contributed by atoms with Gasteiger partial charge >= 0.3 is 0 Å².